The number of carbonyl (C=O) groups excluding carboxylic acids is 2. The van der Waals surface area contributed by atoms with Crippen LogP contribution < -0.4 is 5.32 Å². The zero-order chi connectivity index (χ0) is 24.4. The molecule has 2 amide bonds. The summed E-state index contributed by atoms with van der Waals surface area (Å²) in [6, 6.07) is 9.88. The van der Waals surface area contributed by atoms with Crippen molar-refractivity contribution in [1.82, 2.24) is 10.2 Å². The molecule has 0 aromatic heterocycles. The lowest BCUT2D eigenvalue weighted by molar-refractivity contribution is -0.139. The molecule has 0 saturated carbocycles. The molecule has 33 heavy (non-hydrogen) atoms. The summed E-state index contributed by atoms with van der Waals surface area (Å²) in [4.78, 5) is 27.8. The third-order valence-electron chi connectivity index (χ3n) is 5.10. The number of rotatable bonds is 12. The number of nitrogens with one attached hydrogen (secondary N) is 1. The molecular weight excluding hydrogens is 522 g/mol. The lowest BCUT2D eigenvalue weighted by atomic mass is 10.1. The number of nitrogens with zero attached hydrogens (tertiary/aromatic N) is 1. The molecule has 0 unspecified atom stereocenters. The number of unbranched alkanes of at least 4 members (excludes halogenated alkanes) is 1. The molecule has 0 aliphatic rings. The first-order valence-corrected chi connectivity index (χ1v) is 13.5. The first-order chi connectivity index (χ1) is 15.8. The highest BCUT2D eigenvalue weighted by molar-refractivity contribution is 7.99. The lowest BCUT2D eigenvalue weighted by Crippen LogP contribution is -2.49. The van der Waals surface area contributed by atoms with Gasteiger partial charge < -0.3 is 10.2 Å². The van der Waals surface area contributed by atoms with Crippen LogP contribution in [0.25, 0.3) is 0 Å². The van der Waals surface area contributed by atoms with Crippen LogP contribution in [0.4, 0.5) is 0 Å². The maximum atomic E-state index is 13.3. The summed E-state index contributed by atoms with van der Waals surface area (Å²) >= 11 is 26.4. The highest BCUT2D eigenvalue weighted by Gasteiger charge is 2.29. The molecule has 0 aliphatic carbocycles. The number of benzene rings is 2. The van der Waals surface area contributed by atoms with Gasteiger partial charge in [-0.2, -0.15) is 0 Å². The van der Waals surface area contributed by atoms with Crippen molar-refractivity contribution in [3.05, 3.63) is 67.6 Å². The first-order valence-electron chi connectivity index (χ1n) is 10.8. The second-order valence-corrected chi connectivity index (χ2v) is 10.2. The van der Waals surface area contributed by atoms with Crippen LogP contribution in [0, 0.1) is 0 Å². The molecule has 0 spiro atoms. The summed E-state index contributed by atoms with van der Waals surface area (Å²) < 4.78 is 0. The van der Waals surface area contributed by atoms with E-state index < -0.39 is 6.04 Å². The van der Waals surface area contributed by atoms with E-state index >= 15 is 0 Å². The Morgan fingerprint density at radius 2 is 1.73 bits per heavy atom. The Morgan fingerprint density at radius 1 is 1.03 bits per heavy atom. The number of hydrogen-bond donors (Lipinski definition) is 1. The molecule has 0 saturated heterocycles. The minimum absolute atomic E-state index is 0.152. The maximum absolute atomic E-state index is 13.3. The van der Waals surface area contributed by atoms with Gasteiger partial charge in [-0.25, -0.2) is 0 Å². The zero-order valence-corrected chi connectivity index (χ0v) is 22.5. The predicted octanol–water partition coefficient (Wildman–Crippen LogP) is 7.26. The molecule has 0 radical (unpaired) electrons. The topological polar surface area (TPSA) is 49.4 Å². The van der Waals surface area contributed by atoms with Gasteiger partial charge in [-0.1, -0.05) is 78.8 Å². The van der Waals surface area contributed by atoms with Crippen molar-refractivity contribution in [1.29, 1.82) is 0 Å². The van der Waals surface area contributed by atoms with Crippen molar-refractivity contribution in [2.24, 2.45) is 0 Å². The van der Waals surface area contributed by atoms with Crippen LogP contribution in [0.15, 0.2) is 36.4 Å². The van der Waals surface area contributed by atoms with Gasteiger partial charge in [0.2, 0.25) is 11.8 Å². The van der Waals surface area contributed by atoms with Gasteiger partial charge in [0, 0.05) is 44.5 Å². The van der Waals surface area contributed by atoms with Crippen LogP contribution in [-0.2, 0) is 21.9 Å². The Morgan fingerprint density at radius 3 is 2.33 bits per heavy atom. The Hall–Kier alpha value is -1.11. The molecule has 0 aliphatic heterocycles. The first kappa shape index (κ1) is 28.1. The van der Waals surface area contributed by atoms with Crippen molar-refractivity contribution < 1.29 is 9.59 Å². The minimum atomic E-state index is -0.624. The standard InChI is InChI=1S/C24H28Cl4N2O2S/c1-3-5-11-29-24(32)22(4-2)30(13-18-19(26)7-6-8-20(18)27)23(31)15-33-14-16-9-10-17(25)12-21(16)28/h6-10,12,22H,3-5,11,13-15H2,1-2H3,(H,29,32)/t22-/m0/s1. The van der Waals surface area contributed by atoms with Crippen LogP contribution in [0.1, 0.15) is 44.2 Å². The van der Waals surface area contributed by atoms with E-state index in [0.29, 0.717) is 44.4 Å². The van der Waals surface area contributed by atoms with Gasteiger partial charge in [0.25, 0.3) is 0 Å². The fraction of sp³-hybridized carbons (Fsp3) is 0.417. The summed E-state index contributed by atoms with van der Waals surface area (Å²) in [5, 5.41) is 4.99. The fourth-order valence-corrected chi connectivity index (χ4v) is 5.24. The Balaban J connectivity index is 2.18. The number of amides is 2. The minimum Gasteiger partial charge on any atom is -0.354 e. The second kappa shape index (κ2) is 14.3. The summed E-state index contributed by atoms with van der Waals surface area (Å²) in [6.07, 6.45) is 2.32. The van der Waals surface area contributed by atoms with E-state index in [1.54, 1.807) is 35.2 Å². The van der Waals surface area contributed by atoms with E-state index in [9.17, 15) is 9.59 Å². The number of thioether (sulfide) groups is 1. The van der Waals surface area contributed by atoms with Gasteiger partial charge in [-0.3, -0.25) is 9.59 Å². The van der Waals surface area contributed by atoms with Crippen molar-refractivity contribution >= 4 is 70.0 Å². The molecule has 2 rings (SSSR count). The molecule has 180 valence electrons. The Labute approximate surface area is 220 Å². The van der Waals surface area contributed by atoms with E-state index in [1.165, 1.54) is 11.8 Å². The smallest absolute Gasteiger partial charge is 0.242 e. The molecule has 2 aromatic carbocycles. The molecule has 1 N–H and O–H groups in total. The Bertz CT molecular complexity index is 938. The van der Waals surface area contributed by atoms with Gasteiger partial charge in [-0.15, -0.1) is 11.8 Å². The molecule has 0 bridgehead atoms. The third-order valence-corrected chi connectivity index (χ3v) is 7.37. The van der Waals surface area contributed by atoms with Crippen molar-refractivity contribution in [3.63, 3.8) is 0 Å². The van der Waals surface area contributed by atoms with Crippen molar-refractivity contribution in [2.75, 3.05) is 12.3 Å². The molecule has 2 aromatic rings. The average Bonchev–Trinajstić information content (AvgIpc) is 2.77. The van der Waals surface area contributed by atoms with Crippen LogP contribution in [0.3, 0.4) is 0 Å². The molecule has 1 atom stereocenters. The zero-order valence-electron chi connectivity index (χ0n) is 18.7. The lowest BCUT2D eigenvalue weighted by Gasteiger charge is -2.31. The van der Waals surface area contributed by atoms with Crippen LogP contribution in [-0.4, -0.2) is 35.1 Å². The number of halogens is 4. The van der Waals surface area contributed by atoms with Crippen molar-refractivity contribution in [3.8, 4) is 0 Å². The van der Waals surface area contributed by atoms with Gasteiger partial charge in [-0.05, 0) is 42.7 Å². The highest BCUT2D eigenvalue weighted by Crippen LogP contribution is 2.28. The van der Waals surface area contributed by atoms with E-state index in [4.69, 9.17) is 46.4 Å². The quantitative estimate of drug-likeness (QED) is 0.283. The van der Waals surface area contributed by atoms with Gasteiger partial charge in [0.1, 0.15) is 6.04 Å². The van der Waals surface area contributed by atoms with Crippen LogP contribution in [0.2, 0.25) is 20.1 Å². The largest absolute Gasteiger partial charge is 0.354 e. The monoisotopic (exact) mass is 548 g/mol. The summed E-state index contributed by atoms with van der Waals surface area (Å²) in [7, 11) is 0. The SMILES string of the molecule is CCCCNC(=O)[C@H](CC)N(Cc1c(Cl)cccc1Cl)C(=O)CSCc1ccc(Cl)cc1Cl. The van der Waals surface area contributed by atoms with E-state index in [2.05, 4.69) is 12.2 Å². The third kappa shape index (κ3) is 8.56. The number of carbonyl (C=O) groups is 2. The van der Waals surface area contributed by atoms with Crippen LogP contribution in [0.5, 0.6) is 0 Å². The van der Waals surface area contributed by atoms with Gasteiger partial charge in [0.15, 0.2) is 0 Å². The fourth-order valence-electron chi connectivity index (χ4n) is 3.25. The Kier molecular flexibility index (Phi) is 12.2. The van der Waals surface area contributed by atoms with E-state index in [-0.39, 0.29) is 24.1 Å². The van der Waals surface area contributed by atoms with Gasteiger partial charge >= 0.3 is 0 Å². The van der Waals surface area contributed by atoms with E-state index in [0.717, 1.165) is 18.4 Å². The molecule has 4 nitrogen and oxygen atoms in total. The molecule has 0 fully saturated rings. The summed E-state index contributed by atoms with van der Waals surface area (Å²) in [6.45, 7) is 4.67. The highest BCUT2D eigenvalue weighted by atomic mass is 35.5. The average molecular weight is 550 g/mol. The maximum Gasteiger partial charge on any atom is 0.242 e. The van der Waals surface area contributed by atoms with E-state index in [1.807, 2.05) is 13.0 Å². The molecule has 9 heteroatoms. The molecular formula is C24H28Cl4N2O2S. The van der Waals surface area contributed by atoms with Gasteiger partial charge in [0.05, 0.1) is 5.75 Å². The summed E-state index contributed by atoms with van der Waals surface area (Å²) in [5.74, 6) is 0.383. The van der Waals surface area contributed by atoms with Crippen LogP contribution >= 0.6 is 58.2 Å². The molecule has 0 heterocycles. The predicted molar refractivity (Wildman–Crippen MR) is 142 cm³/mol. The number of hydrogen-bond acceptors (Lipinski definition) is 3. The van der Waals surface area contributed by atoms with Crippen molar-refractivity contribution in [2.45, 2.75) is 51.4 Å². The normalized spacial score (nSPS) is 11.8. The summed E-state index contributed by atoms with van der Waals surface area (Å²) in [5.41, 5.74) is 1.52. The second-order valence-electron chi connectivity index (χ2n) is 7.52.